The summed E-state index contributed by atoms with van der Waals surface area (Å²) in [5, 5.41) is 3.41. The van der Waals surface area contributed by atoms with Gasteiger partial charge in [-0.05, 0) is 62.7 Å². The van der Waals surface area contributed by atoms with Crippen LogP contribution < -0.4 is 5.32 Å². The number of thioether (sulfide) groups is 1. The molecule has 0 bridgehead atoms. The summed E-state index contributed by atoms with van der Waals surface area (Å²) in [5.41, 5.74) is -3.33. The number of nitrogens with one attached hydrogen (secondary N) is 1. The van der Waals surface area contributed by atoms with E-state index in [-0.39, 0.29) is 16.7 Å². The number of nitrogens with zero attached hydrogens (tertiary/aromatic N) is 1. The molecule has 21 heavy (non-hydrogen) atoms. The molecule has 2 nitrogen and oxygen atoms in total. The van der Waals surface area contributed by atoms with E-state index in [0.29, 0.717) is 12.1 Å². The molecular weight excluding hydrogens is 297 g/mol. The lowest BCUT2D eigenvalue weighted by Gasteiger charge is -2.35. The molecule has 118 valence electrons. The fourth-order valence-corrected chi connectivity index (χ4v) is 3.09. The van der Waals surface area contributed by atoms with E-state index in [1.165, 1.54) is 12.1 Å². The van der Waals surface area contributed by atoms with Crippen LogP contribution in [0.25, 0.3) is 0 Å². The highest BCUT2D eigenvalue weighted by molar-refractivity contribution is 8.00. The Hall–Kier alpha value is -0.880. The van der Waals surface area contributed by atoms with Gasteiger partial charge in [-0.15, -0.1) is 0 Å². The van der Waals surface area contributed by atoms with Crippen molar-refractivity contribution in [2.24, 2.45) is 0 Å². The predicted molar refractivity (Wildman–Crippen MR) is 81.7 cm³/mol. The average Bonchev–Trinajstić information content (AvgIpc) is 2.40. The van der Waals surface area contributed by atoms with E-state index in [0.717, 1.165) is 31.6 Å². The highest BCUT2D eigenvalue weighted by Crippen LogP contribution is 2.37. The summed E-state index contributed by atoms with van der Waals surface area (Å²) in [6.45, 7) is 6.53. The second-order valence-electron chi connectivity index (χ2n) is 5.62. The molecule has 0 saturated carbocycles. The van der Waals surface area contributed by atoms with E-state index >= 15 is 0 Å². The molecule has 1 aliphatic heterocycles. The van der Waals surface area contributed by atoms with E-state index in [4.69, 9.17) is 0 Å². The van der Waals surface area contributed by atoms with Crippen molar-refractivity contribution in [3.63, 3.8) is 0 Å². The third-order valence-electron chi connectivity index (χ3n) is 3.72. The third-order valence-corrected chi connectivity index (χ3v) is 4.46. The first kappa shape index (κ1) is 16.5. The van der Waals surface area contributed by atoms with Gasteiger partial charge in [0, 0.05) is 35.8 Å². The Bertz CT molecular complexity index is 437. The van der Waals surface area contributed by atoms with E-state index < -0.39 is 5.51 Å². The lowest BCUT2D eigenvalue weighted by molar-refractivity contribution is -0.0328. The van der Waals surface area contributed by atoms with Gasteiger partial charge in [-0.25, -0.2) is 0 Å². The quantitative estimate of drug-likeness (QED) is 0.818. The van der Waals surface area contributed by atoms with Crippen molar-refractivity contribution in [3.8, 4) is 0 Å². The number of hydrogen-bond acceptors (Lipinski definition) is 3. The fraction of sp³-hybridized carbons (Fsp3) is 0.600. The van der Waals surface area contributed by atoms with Crippen molar-refractivity contribution in [3.05, 3.63) is 24.3 Å². The van der Waals surface area contributed by atoms with Gasteiger partial charge in [-0.1, -0.05) is 0 Å². The summed E-state index contributed by atoms with van der Waals surface area (Å²) in [5.74, 6) is 0. The summed E-state index contributed by atoms with van der Waals surface area (Å²) in [6.07, 6.45) is 2.13. The second-order valence-corrected chi connectivity index (χ2v) is 6.76. The van der Waals surface area contributed by atoms with Crippen LogP contribution >= 0.6 is 11.8 Å². The van der Waals surface area contributed by atoms with Gasteiger partial charge in [-0.2, -0.15) is 13.2 Å². The molecule has 0 unspecified atom stereocenters. The lowest BCUT2D eigenvalue weighted by Crippen LogP contribution is -2.42. The molecule has 6 heteroatoms. The number of rotatable bonds is 4. The molecule has 0 radical (unpaired) electrons. The van der Waals surface area contributed by atoms with E-state index in [1.54, 1.807) is 12.1 Å². The zero-order valence-corrected chi connectivity index (χ0v) is 13.1. The molecule has 1 saturated heterocycles. The van der Waals surface area contributed by atoms with Crippen LogP contribution in [0.1, 0.15) is 26.7 Å². The molecule has 0 aliphatic carbocycles. The smallest absolute Gasteiger partial charge is 0.382 e. The first-order valence-electron chi connectivity index (χ1n) is 7.20. The Morgan fingerprint density at radius 1 is 1.14 bits per heavy atom. The average molecular weight is 318 g/mol. The molecular formula is C15H21F3N2S. The fourth-order valence-electron chi connectivity index (χ4n) is 2.55. The second kappa shape index (κ2) is 6.92. The van der Waals surface area contributed by atoms with Crippen LogP contribution in [0.5, 0.6) is 0 Å². The first-order valence-corrected chi connectivity index (χ1v) is 8.01. The molecule has 0 atom stereocenters. The Labute approximate surface area is 128 Å². The lowest BCUT2D eigenvalue weighted by atomic mass is 10.0. The van der Waals surface area contributed by atoms with E-state index in [2.05, 4.69) is 24.1 Å². The summed E-state index contributed by atoms with van der Waals surface area (Å²) < 4.78 is 36.8. The molecule has 1 heterocycles. The molecule has 0 aromatic heterocycles. The van der Waals surface area contributed by atoms with Crippen LogP contribution in [0, 0.1) is 0 Å². The SMILES string of the molecule is CC(C)N1CCC(Nc2ccc(SC(F)(F)F)cc2)CC1. The molecule has 1 aromatic rings. The predicted octanol–water partition coefficient (Wildman–Crippen LogP) is 4.58. The van der Waals surface area contributed by atoms with Crippen LogP contribution in [-0.2, 0) is 0 Å². The number of hydrogen-bond donors (Lipinski definition) is 1. The Balaban J connectivity index is 1.84. The summed E-state index contributed by atoms with van der Waals surface area (Å²) >= 11 is -0.0754. The zero-order chi connectivity index (χ0) is 15.5. The monoisotopic (exact) mass is 318 g/mol. The minimum Gasteiger partial charge on any atom is -0.382 e. The molecule has 0 spiro atoms. The first-order chi connectivity index (χ1) is 9.83. The van der Waals surface area contributed by atoms with Gasteiger partial charge in [0.25, 0.3) is 0 Å². The number of benzene rings is 1. The Morgan fingerprint density at radius 3 is 2.19 bits per heavy atom. The molecule has 1 fully saturated rings. The Morgan fingerprint density at radius 2 is 1.71 bits per heavy atom. The van der Waals surface area contributed by atoms with E-state index in [9.17, 15) is 13.2 Å². The van der Waals surface area contributed by atoms with Crippen molar-refractivity contribution >= 4 is 17.4 Å². The summed E-state index contributed by atoms with van der Waals surface area (Å²) in [6, 6.07) is 7.46. The highest BCUT2D eigenvalue weighted by atomic mass is 32.2. The Kier molecular flexibility index (Phi) is 5.43. The van der Waals surface area contributed by atoms with Gasteiger partial charge in [0.05, 0.1) is 0 Å². The van der Waals surface area contributed by atoms with Crippen molar-refractivity contribution in [1.82, 2.24) is 4.90 Å². The maximum absolute atomic E-state index is 12.3. The molecule has 1 aromatic carbocycles. The van der Waals surface area contributed by atoms with E-state index in [1.807, 2.05) is 0 Å². The normalized spacial score (nSPS) is 18.2. The molecule has 1 N–H and O–H groups in total. The number of likely N-dealkylation sites (tertiary alicyclic amines) is 1. The van der Waals surface area contributed by atoms with Gasteiger partial charge in [0.15, 0.2) is 0 Å². The zero-order valence-electron chi connectivity index (χ0n) is 12.3. The highest BCUT2D eigenvalue weighted by Gasteiger charge is 2.29. The van der Waals surface area contributed by atoms with Crippen LogP contribution in [0.2, 0.25) is 0 Å². The molecule has 0 amide bonds. The number of alkyl halides is 3. The van der Waals surface area contributed by atoms with Crippen molar-refractivity contribution < 1.29 is 13.2 Å². The maximum Gasteiger partial charge on any atom is 0.446 e. The number of piperidine rings is 1. The number of anilines is 1. The summed E-state index contributed by atoms with van der Waals surface area (Å²) in [7, 11) is 0. The maximum atomic E-state index is 12.3. The minimum atomic E-state index is -4.22. The van der Waals surface area contributed by atoms with Crippen LogP contribution in [0.3, 0.4) is 0 Å². The van der Waals surface area contributed by atoms with Gasteiger partial charge in [0.2, 0.25) is 0 Å². The summed E-state index contributed by atoms with van der Waals surface area (Å²) in [4.78, 5) is 2.67. The van der Waals surface area contributed by atoms with Gasteiger partial charge < -0.3 is 10.2 Å². The van der Waals surface area contributed by atoms with Gasteiger partial charge >= 0.3 is 5.51 Å². The number of halogens is 3. The molecule has 2 rings (SSSR count). The van der Waals surface area contributed by atoms with Gasteiger partial charge in [-0.3, -0.25) is 0 Å². The van der Waals surface area contributed by atoms with Crippen LogP contribution in [-0.4, -0.2) is 35.6 Å². The minimum absolute atomic E-state index is 0.0754. The van der Waals surface area contributed by atoms with Crippen molar-refractivity contribution in [1.29, 1.82) is 0 Å². The van der Waals surface area contributed by atoms with Crippen molar-refractivity contribution in [2.45, 2.75) is 49.2 Å². The standard InChI is InChI=1S/C15H21F3N2S/c1-11(2)20-9-7-13(8-10-20)19-12-3-5-14(6-4-12)21-15(16,17)18/h3-6,11,13,19H,7-10H2,1-2H3. The third kappa shape index (κ3) is 5.43. The largest absolute Gasteiger partial charge is 0.446 e. The van der Waals surface area contributed by atoms with Crippen LogP contribution in [0.15, 0.2) is 29.2 Å². The van der Waals surface area contributed by atoms with Crippen molar-refractivity contribution in [2.75, 3.05) is 18.4 Å². The topological polar surface area (TPSA) is 15.3 Å². The van der Waals surface area contributed by atoms with Gasteiger partial charge in [0.1, 0.15) is 0 Å². The van der Waals surface area contributed by atoms with Crippen LogP contribution in [0.4, 0.5) is 18.9 Å². The molecule has 1 aliphatic rings.